The van der Waals surface area contributed by atoms with E-state index in [-0.39, 0.29) is 18.7 Å². The summed E-state index contributed by atoms with van der Waals surface area (Å²) in [7, 11) is 0. The average molecular weight is 318 g/mol. The number of hydrogen-bond donors (Lipinski definition) is 2. The molecular weight excluding hydrogens is 301 g/mol. The van der Waals surface area contributed by atoms with E-state index in [1.807, 2.05) is 0 Å². The molecule has 0 fully saturated rings. The molecule has 0 aliphatic carbocycles. The fourth-order valence-electron chi connectivity index (χ4n) is 1.69. The number of carbonyl (C=O) groups is 2. The topological polar surface area (TPSA) is 67.4 Å². The van der Waals surface area contributed by atoms with E-state index in [0.717, 1.165) is 12.1 Å². The molecule has 0 spiro atoms. The minimum Gasteiger partial charge on any atom is -0.466 e. The van der Waals surface area contributed by atoms with Crippen molar-refractivity contribution in [2.24, 2.45) is 0 Å². The molecule has 1 rings (SSSR count). The first kappa shape index (κ1) is 17.8. The van der Waals surface area contributed by atoms with Gasteiger partial charge in [-0.3, -0.25) is 4.79 Å². The molecule has 0 aromatic heterocycles. The van der Waals surface area contributed by atoms with Gasteiger partial charge in [0.1, 0.15) is 0 Å². The second-order valence-corrected chi connectivity index (χ2v) is 4.59. The van der Waals surface area contributed by atoms with E-state index in [9.17, 15) is 22.8 Å². The van der Waals surface area contributed by atoms with Gasteiger partial charge in [0.25, 0.3) is 0 Å². The van der Waals surface area contributed by atoms with Crippen LogP contribution in [0.1, 0.15) is 25.8 Å². The van der Waals surface area contributed by atoms with Crippen LogP contribution in [0.3, 0.4) is 0 Å². The molecule has 2 amide bonds. The first-order chi connectivity index (χ1) is 10.2. The molecule has 0 aliphatic heterocycles. The predicted octanol–water partition coefficient (Wildman–Crippen LogP) is 3.17. The van der Waals surface area contributed by atoms with Crippen molar-refractivity contribution in [1.29, 1.82) is 0 Å². The van der Waals surface area contributed by atoms with Crippen LogP contribution in [0.4, 0.5) is 23.7 Å². The number of halogens is 3. The first-order valence-electron chi connectivity index (χ1n) is 6.62. The zero-order chi connectivity index (χ0) is 16.8. The summed E-state index contributed by atoms with van der Waals surface area (Å²) in [6.07, 6.45) is -4.50. The van der Waals surface area contributed by atoms with E-state index < -0.39 is 29.8 Å². The summed E-state index contributed by atoms with van der Waals surface area (Å²) in [6, 6.07) is 3.06. The Morgan fingerprint density at radius 1 is 1.32 bits per heavy atom. The maximum absolute atomic E-state index is 12.6. The molecule has 1 atom stereocenters. The number of anilines is 1. The summed E-state index contributed by atoms with van der Waals surface area (Å²) >= 11 is 0. The Bertz CT molecular complexity index is 532. The van der Waals surface area contributed by atoms with E-state index in [4.69, 9.17) is 4.74 Å². The third-order valence-corrected chi connectivity index (χ3v) is 2.60. The third-order valence-electron chi connectivity index (χ3n) is 2.60. The number of nitrogens with one attached hydrogen (secondary N) is 2. The van der Waals surface area contributed by atoms with Gasteiger partial charge in [-0.1, -0.05) is 6.07 Å². The summed E-state index contributed by atoms with van der Waals surface area (Å²) in [6.45, 7) is 3.49. The van der Waals surface area contributed by atoms with Crippen molar-refractivity contribution in [1.82, 2.24) is 5.32 Å². The van der Waals surface area contributed by atoms with Gasteiger partial charge in [0.2, 0.25) is 0 Å². The molecule has 0 saturated heterocycles. The van der Waals surface area contributed by atoms with Crippen LogP contribution in [0.15, 0.2) is 24.3 Å². The summed E-state index contributed by atoms with van der Waals surface area (Å²) in [5.41, 5.74) is -0.847. The van der Waals surface area contributed by atoms with Crippen LogP contribution in [0.25, 0.3) is 0 Å². The normalized spacial score (nSPS) is 12.4. The Balaban J connectivity index is 2.57. The van der Waals surface area contributed by atoms with Crippen molar-refractivity contribution >= 4 is 17.7 Å². The van der Waals surface area contributed by atoms with Gasteiger partial charge in [-0.2, -0.15) is 13.2 Å². The Morgan fingerprint density at radius 2 is 2.00 bits per heavy atom. The SMILES string of the molecule is CCOC(=O)CC(C)NC(=O)Nc1cccc(C(F)(F)F)c1. The molecule has 0 heterocycles. The summed E-state index contributed by atoms with van der Waals surface area (Å²) in [4.78, 5) is 22.9. The number of esters is 1. The Hall–Kier alpha value is -2.25. The van der Waals surface area contributed by atoms with Crippen LogP contribution in [-0.4, -0.2) is 24.6 Å². The number of rotatable bonds is 5. The van der Waals surface area contributed by atoms with Gasteiger partial charge < -0.3 is 15.4 Å². The lowest BCUT2D eigenvalue weighted by atomic mass is 10.2. The molecular formula is C14H17F3N2O3. The fourth-order valence-corrected chi connectivity index (χ4v) is 1.69. The number of urea groups is 1. The Kier molecular flexibility index (Phi) is 6.21. The lowest BCUT2D eigenvalue weighted by molar-refractivity contribution is -0.143. The van der Waals surface area contributed by atoms with Gasteiger partial charge in [0.05, 0.1) is 18.6 Å². The molecule has 0 aliphatic rings. The van der Waals surface area contributed by atoms with Crippen LogP contribution in [-0.2, 0) is 15.7 Å². The van der Waals surface area contributed by atoms with Crippen LogP contribution in [0, 0.1) is 0 Å². The van der Waals surface area contributed by atoms with Crippen molar-refractivity contribution in [2.75, 3.05) is 11.9 Å². The summed E-state index contributed by atoms with van der Waals surface area (Å²) in [5.74, 6) is -0.464. The van der Waals surface area contributed by atoms with Gasteiger partial charge in [-0.05, 0) is 32.0 Å². The lowest BCUT2D eigenvalue weighted by Crippen LogP contribution is -2.37. The van der Waals surface area contributed by atoms with Crippen molar-refractivity contribution in [3.05, 3.63) is 29.8 Å². The second kappa shape index (κ2) is 7.67. The molecule has 1 aromatic carbocycles. The van der Waals surface area contributed by atoms with Gasteiger partial charge in [0, 0.05) is 11.7 Å². The van der Waals surface area contributed by atoms with Crippen molar-refractivity contribution in [3.63, 3.8) is 0 Å². The monoisotopic (exact) mass is 318 g/mol. The molecule has 122 valence electrons. The average Bonchev–Trinajstić information content (AvgIpc) is 2.37. The van der Waals surface area contributed by atoms with Gasteiger partial charge in [0.15, 0.2) is 0 Å². The predicted molar refractivity (Wildman–Crippen MR) is 74.3 cm³/mol. The number of carbonyl (C=O) groups excluding carboxylic acids is 2. The first-order valence-corrected chi connectivity index (χ1v) is 6.62. The highest BCUT2D eigenvalue weighted by atomic mass is 19.4. The van der Waals surface area contributed by atoms with Crippen LogP contribution in [0.5, 0.6) is 0 Å². The summed E-state index contributed by atoms with van der Waals surface area (Å²) < 4.78 is 42.4. The number of hydrogen-bond acceptors (Lipinski definition) is 3. The summed E-state index contributed by atoms with van der Waals surface area (Å²) in [5, 5.41) is 4.73. The number of amides is 2. The zero-order valence-electron chi connectivity index (χ0n) is 12.2. The van der Waals surface area contributed by atoms with Crippen LogP contribution >= 0.6 is 0 Å². The second-order valence-electron chi connectivity index (χ2n) is 4.59. The maximum Gasteiger partial charge on any atom is 0.416 e. The highest BCUT2D eigenvalue weighted by Crippen LogP contribution is 2.30. The molecule has 8 heteroatoms. The van der Waals surface area contributed by atoms with E-state index >= 15 is 0 Å². The molecule has 1 unspecified atom stereocenters. The van der Waals surface area contributed by atoms with Gasteiger partial charge in [-0.15, -0.1) is 0 Å². The lowest BCUT2D eigenvalue weighted by Gasteiger charge is -2.14. The van der Waals surface area contributed by atoms with Crippen molar-refractivity contribution in [2.45, 2.75) is 32.5 Å². The molecule has 22 heavy (non-hydrogen) atoms. The molecule has 0 bridgehead atoms. The minimum atomic E-state index is -4.48. The molecule has 1 aromatic rings. The highest BCUT2D eigenvalue weighted by Gasteiger charge is 2.30. The molecule has 5 nitrogen and oxygen atoms in total. The molecule has 0 saturated carbocycles. The standard InChI is InChI=1S/C14H17F3N2O3/c1-3-22-12(20)7-9(2)18-13(21)19-11-6-4-5-10(8-11)14(15,16)17/h4-6,8-9H,3,7H2,1-2H3,(H2,18,19,21). The van der Waals surface area contributed by atoms with Gasteiger partial charge in [-0.25, -0.2) is 4.79 Å². The van der Waals surface area contributed by atoms with Crippen LogP contribution in [0.2, 0.25) is 0 Å². The van der Waals surface area contributed by atoms with E-state index in [0.29, 0.717) is 0 Å². The highest BCUT2D eigenvalue weighted by molar-refractivity contribution is 5.89. The van der Waals surface area contributed by atoms with Crippen molar-refractivity contribution in [3.8, 4) is 0 Å². The number of alkyl halides is 3. The van der Waals surface area contributed by atoms with Gasteiger partial charge >= 0.3 is 18.2 Å². The molecule has 2 N–H and O–H groups in total. The van der Waals surface area contributed by atoms with E-state index in [1.54, 1.807) is 13.8 Å². The zero-order valence-corrected chi connectivity index (χ0v) is 12.2. The largest absolute Gasteiger partial charge is 0.466 e. The fraction of sp³-hybridized carbons (Fsp3) is 0.429. The number of ether oxygens (including phenoxy) is 1. The van der Waals surface area contributed by atoms with Crippen LogP contribution < -0.4 is 10.6 Å². The maximum atomic E-state index is 12.6. The van der Waals surface area contributed by atoms with E-state index in [2.05, 4.69) is 10.6 Å². The number of benzene rings is 1. The third kappa shape index (κ3) is 6.02. The Morgan fingerprint density at radius 3 is 2.59 bits per heavy atom. The van der Waals surface area contributed by atoms with E-state index in [1.165, 1.54) is 12.1 Å². The minimum absolute atomic E-state index is 0.00987. The smallest absolute Gasteiger partial charge is 0.416 e. The quantitative estimate of drug-likeness (QED) is 0.820. The Labute approximate surface area is 125 Å². The molecule has 0 radical (unpaired) electrons. The van der Waals surface area contributed by atoms with Crippen molar-refractivity contribution < 1.29 is 27.5 Å².